The third kappa shape index (κ3) is 4.30. The van der Waals surface area contributed by atoms with Crippen molar-refractivity contribution in [3.8, 4) is 0 Å². The molecule has 0 amide bonds. The number of alkyl halides is 2. The van der Waals surface area contributed by atoms with Gasteiger partial charge in [0.2, 0.25) is 0 Å². The fourth-order valence-electron chi connectivity index (χ4n) is 4.29. The molecule has 0 unspecified atom stereocenters. The summed E-state index contributed by atoms with van der Waals surface area (Å²) < 4.78 is 29.8. The predicted octanol–water partition coefficient (Wildman–Crippen LogP) is 6.10. The molecule has 2 saturated carbocycles. The third-order valence-corrected chi connectivity index (χ3v) is 6.43. The van der Waals surface area contributed by atoms with E-state index in [1.54, 1.807) is 0 Å². The molecule has 2 aliphatic carbocycles. The maximum absolute atomic E-state index is 14.9. The summed E-state index contributed by atoms with van der Waals surface area (Å²) in [4.78, 5) is 2.44. The van der Waals surface area contributed by atoms with Crippen LogP contribution in [0.4, 0.5) is 8.78 Å². The van der Waals surface area contributed by atoms with Crippen molar-refractivity contribution < 1.29 is 8.78 Å². The van der Waals surface area contributed by atoms with E-state index in [4.69, 9.17) is 0 Å². The number of rotatable bonds is 10. The normalized spacial score (nSPS) is 19.0. The van der Waals surface area contributed by atoms with Crippen molar-refractivity contribution in [3.05, 3.63) is 70.8 Å². The zero-order valence-corrected chi connectivity index (χ0v) is 16.9. The van der Waals surface area contributed by atoms with Gasteiger partial charge in [0.1, 0.15) is 11.3 Å². The molecule has 28 heavy (non-hydrogen) atoms. The largest absolute Gasteiger partial charge is 0.303 e. The molecule has 150 valence electrons. The zero-order valence-electron chi connectivity index (χ0n) is 16.9. The molecule has 3 heteroatoms. The van der Waals surface area contributed by atoms with Crippen LogP contribution in [-0.4, -0.2) is 24.5 Å². The Kier molecular flexibility index (Phi) is 5.55. The highest BCUT2D eigenvalue weighted by molar-refractivity contribution is 5.46. The Morgan fingerprint density at radius 1 is 0.786 bits per heavy atom. The van der Waals surface area contributed by atoms with Crippen LogP contribution >= 0.6 is 0 Å². The number of hydrogen-bond donors (Lipinski definition) is 0. The van der Waals surface area contributed by atoms with Gasteiger partial charge in [-0.05, 0) is 80.3 Å². The van der Waals surface area contributed by atoms with E-state index in [0.29, 0.717) is 25.7 Å². The second kappa shape index (κ2) is 7.94. The average molecular weight is 384 g/mol. The van der Waals surface area contributed by atoms with Gasteiger partial charge in [0.15, 0.2) is 0 Å². The molecule has 0 aromatic heterocycles. The van der Waals surface area contributed by atoms with Crippen LogP contribution in [0.1, 0.15) is 61.3 Å². The first-order valence-electron chi connectivity index (χ1n) is 10.8. The van der Waals surface area contributed by atoms with Crippen molar-refractivity contribution >= 4 is 0 Å². The van der Waals surface area contributed by atoms with Gasteiger partial charge in [-0.15, -0.1) is 0 Å². The van der Waals surface area contributed by atoms with Crippen molar-refractivity contribution in [1.82, 2.24) is 4.90 Å². The van der Waals surface area contributed by atoms with Crippen LogP contribution in [0.25, 0.3) is 0 Å². The highest BCUT2D eigenvalue weighted by Crippen LogP contribution is 2.55. The van der Waals surface area contributed by atoms with Gasteiger partial charge in [-0.2, -0.15) is 0 Å². The summed E-state index contributed by atoms with van der Waals surface area (Å²) >= 11 is 0. The van der Waals surface area contributed by atoms with Crippen molar-refractivity contribution in [2.24, 2.45) is 0 Å². The molecule has 0 radical (unpaired) electrons. The van der Waals surface area contributed by atoms with Gasteiger partial charge in [-0.25, -0.2) is 8.78 Å². The van der Waals surface area contributed by atoms with Gasteiger partial charge in [0.05, 0.1) is 0 Å². The molecule has 4 rings (SSSR count). The Balaban J connectivity index is 1.40. The molecule has 0 N–H and O–H groups in total. The van der Waals surface area contributed by atoms with E-state index < -0.39 is 11.3 Å². The summed E-state index contributed by atoms with van der Waals surface area (Å²) in [5.41, 5.74) is 1.45. The quantitative estimate of drug-likeness (QED) is 0.479. The smallest absolute Gasteiger partial charge is 0.136 e. The van der Waals surface area contributed by atoms with E-state index in [9.17, 15) is 8.78 Å². The van der Waals surface area contributed by atoms with E-state index in [1.165, 1.54) is 5.56 Å². The van der Waals surface area contributed by atoms with Gasteiger partial charge in [0.25, 0.3) is 0 Å². The highest BCUT2D eigenvalue weighted by atomic mass is 19.1. The average Bonchev–Trinajstić information content (AvgIpc) is 3.64. The van der Waals surface area contributed by atoms with E-state index in [2.05, 4.69) is 36.1 Å². The van der Waals surface area contributed by atoms with Gasteiger partial charge < -0.3 is 4.90 Å². The molecular weight excluding hydrogens is 352 g/mol. The summed E-state index contributed by atoms with van der Waals surface area (Å²) in [6, 6.07) is 16.2. The fraction of sp³-hybridized carbons (Fsp3) is 0.520. The van der Waals surface area contributed by atoms with Crippen molar-refractivity contribution in [3.63, 3.8) is 0 Å². The van der Waals surface area contributed by atoms with Gasteiger partial charge >= 0.3 is 0 Å². The first-order chi connectivity index (χ1) is 13.5. The summed E-state index contributed by atoms with van der Waals surface area (Å²) in [5, 5.41) is 0. The van der Waals surface area contributed by atoms with Crippen LogP contribution in [0.2, 0.25) is 0 Å². The second-order valence-electron chi connectivity index (χ2n) is 8.54. The molecule has 2 fully saturated rings. The molecule has 0 atom stereocenters. The minimum Gasteiger partial charge on any atom is -0.303 e. The van der Waals surface area contributed by atoms with Crippen molar-refractivity contribution in [2.75, 3.05) is 19.6 Å². The third-order valence-electron chi connectivity index (χ3n) is 6.43. The minimum absolute atomic E-state index is 0.584. The predicted molar refractivity (Wildman–Crippen MR) is 111 cm³/mol. The van der Waals surface area contributed by atoms with Crippen LogP contribution < -0.4 is 0 Å². The topological polar surface area (TPSA) is 3.24 Å². The number of hydrogen-bond acceptors (Lipinski definition) is 1. The fourth-order valence-corrected chi connectivity index (χ4v) is 4.29. The van der Waals surface area contributed by atoms with E-state index in [1.807, 2.05) is 24.3 Å². The molecule has 0 bridgehead atoms. The van der Waals surface area contributed by atoms with E-state index in [-0.39, 0.29) is 0 Å². The van der Waals surface area contributed by atoms with Crippen LogP contribution in [0.5, 0.6) is 0 Å². The Hall–Kier alpha value is -1.74. The first-order valence-corrected chi connectivity index (χ1v) is 10.8. The van der Waals surface area contributed by atoms with Crippen molar-refractivity contribution in [1.29, 1.82) is 0 Å². The molecule has 2 aliphatic rings. The lowest BCUT2D eigenvalue weighted by atomic mass is 9.90. The minimum atomic E-state index is -1.20. The van der Waals surface area contributed by atoms with E-state index >= 15 is 0 Å². The van der Waals surface area contributed by atoms with Crippen LogP contribution in [0.3, 0.4) is 0 Å². The molecule has 1 nitrogen and oxygen atoms in total. The molecule has 0 saturated heterocycles. The van der Waals surface area contributed by atoms with Crippen molar-refractivity contribution in [2.45, 2.75) is 63.2 Å². The molecule has 0 spiro atoms. The lowest BCUT2D eigenvalue weighted by Gasteiger charge is -2.23. The SMILES string of the molecule is CCN(CCCc1c(C2(F)CC2)cccc1C1(F)CC1)CCc1ccccc1. The first kappa shape index (κ1) is 19.6. The van der Waals surface area contributed by atoms with Gasteiger partial charge in [-0.3, -0.25) is 0 Å². The Morgan fingerprint density at radius 2 is 1.39 bits per heavy atom. The van der Waals surface area contributed by atoms with Gasteiger partial charge in [-0.1, -0.05) is 55.5 Å². The number of benzene rings is 2. The summed E-state index contributed by atoms with van der Waals surface area (Å²) in [6.07, 6.45) is 5.09. The summed E-state index contributed by atoms with van der Waals surface area (Å²) in [7, 11) is 0. The second-order valence-corrected chi connectivity index (χ2v) is 8.54. The van der Waals surface area contributed by atoms with Gasteiger partial charge in [0, 0.05) is 6.54 Å². The molecule has 0 aliphatic heterocycles. The molecule has 2 aromatic carbocycles. The number of nitrogens with zero attached hydrogens (tertiary/aromatic N) is 1. The summed E-state index contributed by atoms with van der Waals surface area (Å²) in [5.74, 6) is 0. The monoisotopic (exact) mass is 383 g/mol. The van der Waals surface area contributed by atoms with Crippen LogP contribution in [-0.2, 0) is 24.2 Å². The highest BCUT2D eigenvalue weighted by Gasteiger charge is 2.50. The Bertz CT molecular complexity index is 757. The molecular formula is C25H31F2N. The molecule has 2 aromatic rings. The Labute approximate surface area is 167 Å². The standard InChI is InChI=1S/C25H31F2N/c1-2-28(19-13-20-8-4-3-5-9-20)18-7-10-21-22(24(26)14-15-24)11-6-12-23(21)25(27)16-17-25/h3-6,8-9,11-12H,2,7,10,13-19H2,1H3. The number of halogens is 2. The maximum Gasteiger partial charge on any atom is 0.136 e. The Morgan fingerprint density at radius 3 is 1.93 bits per heavy atom. The van der Waals surface area contributed by atoms with Crippen LogP contribution in [0, 0.1) is 0 Å². The van der Waals surface area contributed by atoms with Crippen LogP contribution in [0.15, 0.2) is 48.5 Å². The lowest BCUT2D eigenvalue weighted by Crippen LogP contribution is -2.27. The summed E-state index contributed by atoms with van der Waals surface area (Å²) in [6.45, 7) is 5.18. The van der Waals surface area contributed by atoms with E-state index in [0.717, 1.165) is 55.6 Å². The molecule has 0 heterocycles. The number of likely N-dealkylation sites (N-methyl/N-ethyl adjacent to an activating group) is 1. The lowest BCUT2D eigenvalue weighted by molar-refractivity contribution is 0.283. The zero-order chi connectivity index (χ0) is 19.6. The maximum atomic E-state index is 14.9.